The van der Waals surface area contributed by atoms with Gasteiger partial charge in [-0.2, -0.15) is 0 Å². The van der Waals surface area contributed by atoms with Crippen molar-refractivity contribution in [3.05, 3.63) is 72.2 Å². The summed E-state index contributed by atoms with van der Waals surface area (Å²) in [5, 5.41) is 8.82. The molecule has 0 aliphatic rings. The Morgan fingerprint density at radius 1 is 1.17 bits per heavy atom. The molecule has 0 spiro atoms. The van der Waals surface area contributed by atoms with Crippen LogP contribution in [0.2, 0.25) is 0 Å². The van der Waals surface area contributed by atoms with Gasteiger partial charge in [-0.1, -0.05) is 23.4 Å². The van der Waals surface area contributed by atoms with Crippen LogP contribution in [0.5, 0.6) is 0 Å². The lowest BCUT2D eigenvalue weighted by Crippen LogP contribution is -2.25. The van der Waals surface area contributed by atoms with E-state index in [1.807, 2.05) is 12.1 Å². The Hall–Kier alpha value is -3.87. The van der Waals surface area contributed by atoms with E-state index in [2.05, 4.69) is 44.4 Å². The number of hydrogen-bond acceptors (Lipinski definition) is 5. The van der Waals surface area contributed by atoms with Crippen molar-refractivity contribution in [2.24, 2.45) is 0 Å². The van der Waals surface area contributed by atoms with Crippen LogP contribution >= 0.6 is 0 Å². The van der Waals surface area contributed by atoms with E-state index in [1.54, 1.807) is 31.4 Å². The minimum Gasteiger partial charge on any atom is -0.463 e. The molecular formula is C23H20N4O3. The lowest BCUT2D eigenvalue weighted by molar-refractivity contribution is 0.0954. The molecule has 0 saturated heterocycles. The second-order valence-corrected chi connectivity index (χ2v) is 7.16. The molecule has 0 radical (unpaired) electrons. The normalized spacial score (nSPS) is 11.4. The Bertz CT molecular complexity index is 1330. The van der Waals surface area contributed by atoms with E-state index in [0.717, 1.165) is 13.0 Å². The number of nitrogens with zero attached hydrogens (tertiary/aromatic N) is 3. The first-order valence-electron chi connectivity index (χ1n) is 9.84. The number of hydrogen-bond donors (Lipinski definition) is 1. The number of amides is 1. The van der Waals surface area contributed by atoms with Crippen molar-refractivity contribution in [2.75, 3.05) is 6.54 Å². The summed E-state index contributed by atoms with van der Waals surface area (Å²) in [6.45, 7) is 3.17. The number of rotatable bonds is 6. The molecule has 4 heterocycles. The van der Waals surface area contributed by atoms with Crippen LogP contribution in [-0.2, 0) is 6.54 Å². The summed E-state index contributed by atoms with van der Waals surface area (Å²) in [4.78, 5) is 17.4. The van der Waals surface area contributed by atoms with Gasteiger partial charge in [0.15, 0.2) is 5.76 Å². The first kappa shape index (κ1) is 18.2. The van der Waals surface area contributed by atoms with Gasteiger partial charge in [-0.05, 0) is 49.1 Å². The molecule has 30 heavy (non-hydrogen) atoms. The van der Waals surface area contributed by atoms with Gasteiger partial charge in [-0.15, -0.1) is 0 Å². The summed E-state index contributed by atoms with van der Waals surface area (Å²) in [5.74, 6) is 0.387. The Morgan fingerprint density at radius 2 is 2.07 bits per heavy atom. The molecule has 0 bridgehead atoms. The number of nitrogens with one attached hydrogen (secondary N) is 1. The molecular weight excluding hydrogens is 380 g/mol. The van der Waals surface area contributed by atoms with Crippen LogP contribution in [0, 0.1) is 6.92 Å². The van der Waals surface area contributed by atoms with Crippen LogP contribution in [0.25, 0.3) is 33.5 Å². The average molecular weight is 400 g/mol. The zero-order valence-electron chi connectivity index (χ0n) is 16.5. The number of pyridine rings is 1. The molecule has 5 aromatic rings. The van der Waals surface area contributed by atoms with Gasteiger partial charge < -0.3 is 18.8 Å². The van der Waals surface area contributed by atoms with Crippen molar-refractivity contribution in [2.45, 2.75) is 19.9 Å². The fourth-order valence-electron chi connectivity index (χ4n) is 3.71. The fourth-order valence-corrected chi connectivity index (χ4v) is 3.71. The predicted molar refractivity (Wildman–Crippen MR) is 113 cm³/mol. The third-order valence-electron chi connectivity index (χ3n) is 5.18. The van der Waals surface area contributed by atoms with Crippen LogP contribution in [0.15, 0.2) is 69.9 Å². The topological polar surface area (TPSA) is 86.1 Å². The minimum atomic E-state index is -0.182. The van der Waals surface area contributed by atoms with E-state index in [4.69, 9.17) is 8.94 Å². The second kappa shape index (κ2) is 7.51. The molecule has 4 aromatic heterocycles. The Balaban J connectivity index is 1.32. The Labute approximate surface area is 172 Å². The maximum Gasteiger partial charge on any atom is 0.259 e. The molecule has 1 N–H and O–H groups in total. The van der Waals surface area contributed by atoms with Gasteiger partial charge >= 0.3 is 0 Å². The maximum atomic E-state index is 13.0. The van der Waals surface area contributed by atoms with Crippen molar-refractivity contribution >= 4 is 27.9 Å². The highest BCUT2D eigenvalue weighted by molar-refractivity contribution is 6.06. The SMILES string of the molecule is Cc1noc2nc(-c3ccco3)cc(C(=O)NCCCn3ccc4ccccc43)c12. The highest BCUT2D eigenvalue weighted by Crippen LogP contribution is 2.27. The van der Waals surface area contributed by atoms with E-state index in [9.17, 15) is 4.79 Å². The van der Waals surface area contributed by atoms with Crippen molar-refractivity contribution < 1.29 is 13.7 Å². The van der Waals surface area contributed by atoms with Crippen molar-refractivity contribution in [1.82, 2.24) is 20.0 Å². The molecule has 0 aliphatic heterocycles. The number of furan rings is 1. The largest absolute Gasteiger partial charge is 0.463 e. The zero-order valence-corrected chi connectivity index (χ0v) is 16.5. The van der Waals surface area contributed by atoms with Crippen LogP contribution in [-0.4, -0.2) is 27.2 Å². The number of para-hydroxylation sites is 1. The number of aromatic nitrogens is 3. The monoisotopic (exact) mass is 400 g/mol. The summed E-state index contributed by atoms with van der Waals surface area (Å²) < 4.78 is 12.9. The highest BCUT2D eigenvalue weighted by Gasteiger charge is 2.20. The van der Waals surface area contributed by atoms with Gasteiger partial charge in [0.05, 0.1) is 22.9 Å². The van der Waals surface area contributed by atoms with Crippen molar-refractivity contribution in [1.29, 1.82) is 0 Å². The molecule has 0 fully saturated rings. The fraction of sp³-hybridized carbons (Fsp3) is 0.174. The highest BCUT2D eigenvalue weighted by atomic mass is 16.5. The molecule has 0 aliphatic carbocycles. The van der Waals surface area contributed by atoms with Gasteiger partial charge in [-0.3, -0.25) is 4.79 Å². The zero-order chi connectivity index (χ0) is 20.5. The van der Waals surface area contributed by atoms with E-state index in [1.165, 1.54) is 10.9 Å². The number of carbonyl (C=O) groups is 1. The quantitative estimate of drug-likeness (QED) is 0.422. The number of benzene rings is 1. The third-order valence-corrected chi connectivity index (χ3v) is 5.18. The molecule has 150 valence electrons. The molecule has 0 saturated carbocycles. The summed E-state index contributed by atoms with van der Waals surface area (Å²) in [6.07, 6.45) is 4.46. The first-order valence-corrected chi connectivity index (χ1v) is 9.84. The number of carbonyl (C=O) groups excluding carboxylic acids is 1. The molecule has 1 amide bonds. The third kappa shape index (κ3) is 3.24. The van der Waals surface area contributed by atoms with Gasteiger partial charge in [0.2, 0.25) is 0 Å². The predicted octanol–water partition coefficient (Wildman–Crippen LogP) is 4.57. The molecule has 1 aromatic carbocycles. The molecule has 7 nitrogen and oxygen atoms in total. The summed E-state index contributed by atoms with van der Waals surface area (Å²) >= 11 is 0. The lowest BCUT2D eigenvalue weighted by atomic mass is 10.1. The van der Waals surface area contributed by atoms with Gasteiger partial charge in [-0.25, -0.2) is 4.98 Å². The van der Waals surface area contributed by atoms with Gasteiger partial charge in [0.1, 0.15) is 5.69 Å². The number of aryl methyl sites for hydroxylation is 2. The number of fused-ring (bicyclic) bond motifs is 2. The van der Waals surface area contributed by atoms with E-state index in [-0.39, 0.29) is 5.91 Å². The van der Waals surface area contributed by atoms with Crippen LogP contribution < -0.4 is 5.32 Å². The minimum absolute atomic E-state index is 0.182. The van der Waals surface area contributed by atoms with Crippen LogP contribution in [0.3, 0.4) is 0 Å². The summed E-state index contributed by atoms with van der Waals surface area (Å²) in [5.41, 5.74) is 3.17. The second-order valence-electron chi connectivity index (χ2n) is 7.16. The van der Waals surface area contributed by atoms with E-state index < -0.39 is 0 Å². The molecule has 5 rings (SSSR count). The maximum absolute atomic E-state index is 13.0. The van der Waals surface area contributed by atoms with Crippen molar-refractivity contribution in [3.63, 3.8) is 0 Å². The standard InChI is InChI=1S/C23H20N4O3/c1-15-21-17(14-18(20-8-4-13-29-20)25-23(21)30-26-15)22(28)24-10-5-11-27-12-9-16-6-2-3-7-19(16)27/h2-4,6-9,12-14H,5,10-11H2,1H3,(H,24,28). The molecule has 7 heteroatoms. The van der Waals surface area contributed by atoms with Gasteiger partial charge in [0, 0.05) is 24.8 Å². The Kier molecular flexibility index (Phi) is 4.55. The van der Waals surface area contributed by atoms with Crippen molar-refractivity contribution in [3.8, 4) is 11.5 Å². The molecule has 0 unspecified atom stereocenters. The lowest BCUT2D eigenvalue weighted by Gasteiger charge is -2.09. The average Bonchev–Trinajstić information content (AvgIpc) is 3.51. The molecule has 0 atom stereocenters. The Morgan fingerprint density at radius 3 is 2.93 bits per heavy atom. The van der Waals surface area contributed by atoms with E-state index in [0.29, 0.717) is 40.4 Å². The van der Waals surface area contributed by atoms with Crippen LogP contribution in [0.4, 0.5) is 0 Å². The van der Waals surface area contributed by atoms with E-state index >= 15 is 0 Å². The summed E-state index contributed by atoms with van der Waals surface area (Å²) in [7, 11) is 0. The van der Waals surface area contributed by atoms with Gasteiger partial charge in [0.25, 0.3) is 11.6 Å². The van der Waals surface area contributed by atoms with Crippen LogP contribution in [0.1, 0.15) is 22.5 Å². The smallest absolute Gasteiger partial charge is 0.259 e. The summed E-state index contributed by atoms with van der Waals surface area (Å²) in [6, 6.07) is 15.7. The first-order chi connectivity index (χ1) is 14.7.